The Morgan fingerprint density at radius 2 is 1.86 bits per heavy atom. The van der Waals surface area contributed by atoms with E-state index in [0.717, 1.165) is 26.2 Å². The van der Waals surface area contributed by atoms with Gasteiger partial charge in [0.15, 0.2) is 0 Å². The van der Waals surface area contributed by atoms with E-state index in [4.69, 9.17) is 9.47 Å². The van der Waals surface area contributed by atoms with Gasteiger partial charge in [0.2, 0.25) is 23.6 Å². The zero-order valence-corrected chi connectivity index (χ0v) is 12.6. The fraction of sp³-hybridized carbons (Fsp3) is 0.615. The summed E-state index contributed by atoms with van der Waals surface area (Å²) in [7, 11) is 4.82. The molecule has 1 aliphatic rings. The fourth-order valence-electron chi connectivity index (χ4n) is 2.06. The van der Waals surface area contributed by atoms with E-state index in [2.05, 4.69) is 15.3 Å². The van der Waals surface area contributed by atoms with Gasteiger partial charge in [0, 0.05) is 33.2 Å². The Hall–Kier alpha value is -2.09. The topological polar surface area (TPSA) is 79.8 Å². The summed E-state index contributed by atoms with van der Waals surface area (Å²) in [5.41, 5.74) is 0. The Labute approximate surface area is 124 Å². The number of anilines is 1. The number of methoxy groups -OCH3 is 2. The number of likely N-dealkylation sites (N-methyl/N-ethyl adjacent to an activating group) is 1. The van der Waals surface area contributed by atoms with Gasteiger partial charge in [-0.1, -0.05) is 0 Å². The highest BCUT2D eigenvalue weighted by Crippen LogP contribution is 2.19. The van der Waals surface area contributed by atoms with E-state index in [1.54, 1.807) is 18.0 Å². The summed E-state index contributed by atoms with van der Waals surface area (Å²) in [6.45, 7) is 3.35. The molecule has 0 atom stereocenters. The molecule has 0 bridgehead atoms. The number of aromatic nitrogens is 2. The van der Waals surface area contributed by atoms with E-state index in [-0.39, 0.29) is 12.5 Å². The van der Waals surface area contributed by atoms with Crippen molar-refractivity contribution >= 4 is 11.9 Å². The highest BCUT2D eigenvalue weighted by Gasteiger charge is 2.19. The summed E-state index contributed by atoms with van der Waals surface area (Å²) in [6, 6.07) is 1.59. The van der Waals surface area contributed by atoms with Gasteiger partial charge in [-0.2, -0.15) is 9.97 Å². The summed E-state index contributed by atoms with van der Waals surface area (Å²) in [6.07, 6.45) is 0. The molecule has 116 valence electrons. The quantitative estimate of drug-likeness (QED) is 0.774. The molecule has 0 saturated carbocycles. The Morgan fingerprint density at radius 3 is 2.38 bits per heavy atom. The Bertz CT molecular complexity index is 468. The lowest BCUT2D eigenvalue weighted by atomic mass is 10.3. The molecule has 2 heterocycles. The number of amides is 1. The van der Waals surface area contributed by atoms with Crippen LogP contribution in [0.1, 0.15) is 0 Å². The second-order valence-electron chi connectivity index (χ2n) is 4.74. The van der Waals surface area contributed by atoms with Gasteiger partial charge < -0.3 is 24.6 Å². The van der Waals surface area contributed by atoms with E-state index < -0.39 is 0 Å². The molecule has 1 aliphatic heterocycles. The lowest BCUT2D eigenvalue weighted by molar-refractivity contribution is -0.130. The largest absolute Gasteiger partial charge is 0.481 e. The molecule has 1 saturated heterocycles. The molecule has 0 radical (unpaired) electrons. The van der Waals surface area contributed by atoms with E-state index in [9.17, 15) is 4.79 Å². The van der Waals surface area contributed by atoms with Crippen molar-refractivity contribution in [2.24, 2.45) is 0 Å². The summed E-state index contributed by atoms with van der Waals surface area (Å²) in [4.78, 5) is 24.2. The maximum Gasteiger partial charge on any atom is 0.242 e. The first-order valence-electron chi connectivity index (χ1n) is 6.80. The minimum Gasteiger partial charge on any atom is -0.481 e. The average Bonchev–Trinajstić information content (AvgIpc) is 2.54. The molecule has 1 fully saturated rings. The Kier molecular flexibility index (Phi) is 5.15. The van der Waals surface area contributed by atoms with Gasteiger partial charge in [0.25, 0.3) is 0 Å². The van der Waals surface area contributed by atoms with Crippen LogP contribution >= 0.6 is 0 Å². The van der Waals surface area contributed by atoms with Crippen molar-refractivity contribution in [3.63, 3.8) is 0 Å². The van der Waals surface area contributed by atoms with Crippen molar-refractivity contribution in [3.05, 3.63) is 6.07 Å². The highest BCUT2D eigenvalue weighted by atomic mass is 16.5. The highest BCUT2D eigenvalue weighted by molar-refractivity contribution is 5.81. The monoisotopic (exact) mass is 295 g/mol. The smallest absolute Gasteiger partial charge is 0.242 e. The van der Waals surface area contributed by atoms with Crippen LogP contribution in [-0.4, -0.2) is 74.8 Å². The normalized spacial score (nSPS) is 14.7. The molecule has 8 nitrogen and oxygen atoms in total. The van der Waals surface area contributed by atoms with Gasteiger partial charge in [-0.05, 0) is 0 Å². The molecule has 1 aromatic rings. The van der Waals surface area contributed by atoms with Crippen LogP contribution in [-0.2, 0) is 4.79 Å². The van der Waals surface area contributed by atoms with Crippen LogP contribution in [0.4, 0.5) is 5.95 Å². The molecular formula is C13H21N5O3. The van der Waals surface area contributed by atoms with E-state index in [1.807, 2.05) is 4.90 Å². The van der Waals surface area contributed by atoms with Crippen LogP contribution in [0.15, 0.2) is 6.07 Å². The van der Waals surface area contributed by atoms with Gasteiger partial charge in [-0.15, -0.1) is 0 Å². The predicted octanol–water partition coefficient (Wildman–Crippen LogP) is -0.638. The third-order valence-electron chi connectivity index (χ3n) is 3.27. The second-order valence-corrected chi connectivity index (χ2v) is 4.74. The molecule has 0 aromatic carbocycles. The van der Waals surface area contributed by atoms with Gasteiger partial charge >= 0.3 is 0 Å². The molecule has 21 heavy (non-hydrogen) atoms. The molecule has 2 rings (SSSR count). The molecule has 0 spiro atoms. The summed E-state index contributed by atoms with van der Waals surface area (Å²) >= 11 is 0. The van der Waals surface area contributed by atoms with Gasteiger partial charge in [0.1, 0.15) is 0 Å². The molecule has 0 unspecified atom stereocenters. The van der Waals surface area contributed by atoms with Crippen LogP contribution < -0.4 is 19.7 Å². The van der Waals surface area contributed by atoms with Crippen molar-refractivity contribution in [2.75, 3.05) is 58.9 Å². The minimum atomic E-state index is 0.0596. The van der Waals surface area contributed by atoms with E-state index in [1.165, 1.54) is 14.2 Å². The molecular weight excluding hydrogens is 274 g/mol. The molecule has 8 heteroatoms. The van der Waals surface area contributed by atoms with Crippen molar-refractivity contribution < 1.29 is 14.3 Å². The third-order valence-corrected chi connectivity index (χ3v) is 3.27. The maximum atomic E-state index is 12.2. The zero-order valence-electron chi connectivity index (χ0n) is 12.6. The van der Waals surface area contributed by atoms with Crippen LogP contribution in [0.2, 0.25) is 0 Å². The standard InChI is InChI=1S/C13H21N5O3/c1-17(9-12(19)18-6-4-14-5-7-18)13-15-10(20-2)8-11(16-13)21-3/h8,14H,4-7,9H2,1-3H3. The number of hydrogen-bond donors (Lipinski definition) is 1. The van der Waals surface area contributed by atoms with E-state index >= 15 is 0 Å². The molecule has 1 amide bonds. The summed E-state index contributed by atoms with van der Waals surface area (Å²) in [5, 5.41) is 3.22. The van der Waals surface area contributed by atoms with Crippen LogP contribution in [0.25, 0.3) is 0 Å². The first-order valence-corrected chi connectivity index (χ1v) is 6.80. The number of nitrogens with one attached hydrogen (secondary N) is 1. The first kappa shape index (κ1) is 15.3. The number of rotatable bonds is 5. The Balaban J connectivity index is 2.04. The molecule has 0 aliphatic carbocycles. The van der Waals surface area contributed by atoms with Gasteiger partial charge in [0.05, 0.1) is 26.8 Å². The van der Waals surface area contributed by atoms with Crippen LogP contribution in [0.5, 0.6) is 11.8 Å². The number of nitrogens with zero attached hydrogens (tertiary/aromatic N) is 4. The SMILES string of the molecule is COc1cc(OC)nc(N(C)CC(=O)N2CCNCC2)n1. The minimum absolute atomic E-state index is 0.0596. The van der Waals surface area contributed by atoms with Crippen molar-refractivity contribution in [1.29, 1.82) is 0 Å². The lowest BCUT2D eigenvalue weighted by Crippen LogP contribution is -2.49. The van der Waals surface area contributed by atoms with Crippen LogP contribution in [0.3, 0.4) is 0 Å². The summed E-state index contributed by atoms with van der Waals surface area (Å²) in [5.74, 6) is 1.26. The van der Waals surface area contributed by atoms with Crippen molar-refractivity contribution in [2.45, 2.75) is 0 Å². The number of hydrogen-bond acceptors (Lipinski definition) is 7. The van der Waals surface area contributed by atoms with Crippen molar-refractivity contribution in [3.8, 4) is 11.8 Å². The number of piperazine rings is 1. The number of ether oxygens (including phenoxy) is 2. The maximum absolute atomic E-state index is 12.2. The third kappa shape index (κ3) is 3.94. The van der Waals surface area contributed by atoms with Gasteiger partial charge in [-0.25, -0.2) is 0 Å². The number of carbonyl (C=O) groups excluding carboxylic acids is 1. The molecule has 1 N–H and O–H groups in total. The summed E-state index contributed by atoms with van der Waals surface area (Å²) < 4.78 is 10.2. The Morgan fingerprint density at radius 1 is 1.29 bits per heavy atom. The van der Waals surface area contributed by atoms with Gasteiger partial charge in [-0.3, -0.25) is 4.79 Å². The fourth-order valence-corrected chi connectivity index (χ4v) is 2.06. The predicted molar refractivity (Wildman–Crippen MR) is 77.9 cm³/mol. The average molecular weight is 295 g/mol. The number of carbonyl (C=O) groups is 1. The first-order chi connectivity index (χ1) is 10.1. The lowest BCUT2D eigenvalue weighted by Gasteiger charge is -2.29. The zero-order chi connectivity index (χ0) is 15.2. The molecule has 1 aromatic heterocycles. The van der Waals surface area contributed by atoms with Crippen LogP contribution in [0, 0.1) is 0 Å². The van der Waals surface area contributed by atoms with E-state index in [0.29, 0.717) is 17.7 Å². The second kappa shape index (κ2) is 7.07. The van der Waals surface area contributed by atoms with Crippen molar-refractivity contribution in [1.82, 2.24) is 20.2 Å².